The Bertz CT molecular complexity index is 973. The number of amides is 1. The topological polar surface area (TPSA) is 78.2 Å². The van der Waals surface area contributed by atoms with Crippen molar-refractivity contribution in [3.63, 3.8) is 0 Å². The Kier molecular flexibility index (Phi) is 5.40. The van der Waals surface area contributed by atoms with E-state index < -0.39 is 0 Å². The van der Waals surface area contributed by atoms with Gasteiger partial charge in [0.15, 0.2) is 5.82 Å². The van der Waals surface area contributed by atoms with E-state index in [0.29, 0.717) is 17.3 Å². The Labute approximate surface area is 157 Å². The fourth-order valence-corrected chi connectivity index (χ4v) is 2.74. The van der Waals surface area contributed by atoms with Crippen LogP contribution in [0.15, 0.2) is 59.4 Å². The zero-order valence-electron chi connectivity index (χ0n) is 15.5. The Morgan fingerprint density at radius 1 is 1.11 bits per heavy atom. The largest absolute Gasteiger partial charge is 0.497 e. The van der Waals surface area contributed by atoms with E-state index in [0.717, 1.165) is 5.56 Å². The van der Waals surface area contributed by atoms with Gasteiger partial charge >= 0.3 is 5.69 Å². The zero-order valence-corrected chi connectivity index (χ0v) is 15.5. The second kappa shape index (κ2) is 7.90. The summed E-state index contributed by atoms with van der Waals surface area (Å²) in [5, 5.41) is 7.29. The van der Waals surface area contributed by atoms with Gasteiger partial charge in [0.2, 0.25) is 5.91 Å². The van der Waals surface area contributed by atoms with Crippen molar-refractivity contribution in [2.24, 2.45) is 0 Å². The van der Waals surface area contributed by atoms with E-state index in [1.54, 1.807) is 31.4 Å². The van der Waals surface area contributed by atoms with Crippen LogP contribution in [0.1, 0.15) is 13.8 Å². The van der Waals surface area contributed by atoms with Crippen molar-refractivity contribution in [3.8, 4) is 22.8 Å². The molecule has 3 rings (SSSR count). The van der Waals surface area contributed by atoms with Crippen molar-refractivity contribution in [1.82, 2.24) is 19.7 Å². The molecule has 2 aromatic carbocycles. The van der Waals surface area contributed by atoms with Gasteiger partial charge in [0, 0.05) is 11.6 Å². The number of nitrogens with one attached hydrogen (secondary N) is 1. The lowest BCUT2D eigenvalue weighted by molar-refractivity contribution is -0.122. The lowest BCUT2D eigenvalue weighted by Crippen LogP contribution is -2.36. The number of carbonyl (C=O) groups is 1. The first-order valence-corrected chi connectivity index (χ1v) is 8.68. The maximum atomic E-state index is 13.0. The molecule has 140 valence electrons. The second-order valence-corrected chi connectivity index (χ2v) is 6.39. The summed E-state index contributed by atoms with van der Waals surface area (Å²) in [6, 6.07) is 16.3. The Hall–Kier alpha value is -3.35. The molecule has 1 N–H and O–H groups in total. The third-order valence-electron chi connectivity index (χ3n) is 3.96. The van der Waals surface area contributed by atoms with Crippen LogP contribution in [0.4, 0.5) is 0 Å². The van der Waals surface area contributed by atoms with Gasteiger partial charge in [0.05, 0.1) is 12.8 Å². The van der Waals surface area contributed by atoms with Crippen molar-refractivity contribution in [2.45, 2.75) is 26.4 Å². The van der Waals surface area contributed by atoms with E-state index in [-0.39, 0.29) is 24.2 Å². The monoisotopic (exact) mass is 366 g/mol. The summed E-state index contributed by atoms with van der Waals surface area (Å²) in [5.41, 5.74) is 0.984. The molecule has 0 aliphatic heterocycles. The standard InChI is InChI=1S/C20H22N4O3/c1-14(2)21-18(25)13-23-19(15-7-5-4-6-8-15)22-24(20(23)26)16-9-11-17(27-3)12-10-16/h4-12,14H,13H2,1-3H3,(H,21,25). The number of ether oxygens (including phenoxy) is 1. The van der Waals surface area contributed by atoms with E-state index >= 15 is 0 Å². The highest BCUT2D eigenvalue weighted by Crippen LogP contribution is 2.18. The van der Waals surface area contributed by atoms with E-state index in [2.05, 4.69) is 10.4 Å². The van der Waals surface area contributed by atoms with Gasteiger partial charge < -0.3 is 10.1 Å². The van der Waals surface area contributed by atoms with Gasteiger partial charge in [-0.15, -0.1) is 5.10 Å². The summed E-state index contributed by atoms with van der Waals surface area (Å²) in [6.07, 6.45) is 0. The van der Waals surface area contributed by atoms with Gasteiger partial charge in [0.25, 0.3) is 0 Å². The van der Waals surface area contributed by atoms with Crippen molar-refractivity contribution < 1.29 is 9.53 Å². The average Bonchev–Trinajstić information content (AvgIpc) is 2.98. The van der Waals surface area contributed by atoms with Crippen LogP contribution in [0.3, 0.4) is 0 Å². The van der Waals surface area contributed by atoms with Crippen LogP contribution in [0.2, 0.25) is 0 Å². The molecule has 0 aliphatic rings. The number of hydrogen-bond acceptors (Lipinski definition) is 4. The molecule has 0 radical (unpaired) electrons. The summed E-state index contributed by atoms with van der Waals surface area (Å²) in [5.74, 6) is 0.889. The summed E-state index contributed by atoms with van der Waals surface area (Å²) < 4.78 is 7.84. The van der Waals surface area contributed by atoms with E-state index in [9.17, 15) is 9.59 Å². The van der Waals surface area contributed by atoms with E-state index in [1.165, 1.54) is 9.25 Å². The minimum Gasteiger partial charge on any atom is -0.497 e. The highest BCUT2D eigenvalue weighted by atomic mass is 16.5. The molecule has 0 spiro atoms. The van der Waals surface area contributed by atoms with Gasteiger partial charge in [0.1, 0.15) is 12.3 Å². The number of hydrogen-bond donors (Lipinski definition) is 1. The molecule has 0 saturated carbocycles. The first-order valence-electron chi connectivity index (χ1n) is 8.68. The van der Waals surface area contributed by atoms with Crippen LogP contribution in [0.5, 0.6) is 5.75 Å². The van der Waals surface area contributed by atoms with Gasteiger partial charge in [-0.25, -0.2) is 4.79 Å². The molecule has 0 atom stereocenters. The summed E-state index contributed by atoms with van der Waals surface area (Å²) in [6.45, 7) is 3.65. The van der Waals surface area contributed by atoms with E-state index in [1.807, 2.05) is 44.2 Å². The van der Waals surface area contributed by atoms with Gasteiger partial charge in [-0.3, -0.25) is 9.36 Å². The molecular formula is C20H22N4O3. The quantitative estimate of drug-likeness (QED) is 0.726. The Balaban J connectivity index is 2.08. The predicted octanol–water partition coefficient (Wildman–Crippen LogP) is 2.23. The lowest BCUT2D eigenvalue weighted by Gasteiger charge is -2.09. The van der Waals surface area contributed by atoms with Crippen LogP contribution in [-0.4, -0.2) is 33.4 Å². The molecule has 0 fully saturated rings. The van der Waals surface area contributed by atoms with E-state index in [4.69, 9.17) is 4.74 Å². The maximum Gasteiger partial charge on any atom is 0.351 e. The summed E-state index contributed by atoms with van der Waals surface area (Å²) in [4.78, 5) is 25.3. The van der Waals surface area contributed by atoms with Crippen LogP contribution in [-0.2, 0) is 11.3 Å². The molecule has 7 nitrogen and oxygen atoms in total. The van der Waals surface area contributed by atoms with Crippen LogP contribution < -0.4 is 15.7 Å². The van der Waals surface area contributed by atoms with Gasteiger partial charge in [-0.2, -0.15) is 4.68 Å². The minimum atomic E-state index is -0.377. The number of nitrogens with zero attached hydrogens (tertiary/aromatic N) is 3. The lowest BCUT2D eigenvalue weighted by atomic mass is 10.2. The third-order valence-corrected chi connectivity index (χ3v) is 3.96. The molecule has 0 unspecified atom stereocenters. The number of rotatable bonds is 6. The summed E-state index contributed by atoms with van der Waals surface area (Å²) >= 11 is 0. The number of benzene rings is 2. The van der Waals surface area contributed by atoms with Gasteiger partial charge in [-0.1, -0.05) is 30.3 Å². The number of aromatic nitrogens is 3. The molecule has 0 bridgehead atoms. The normalized spacial score (nSPS) is 10.8. The van der Waals surface area contributed by atoms with Crippen LogP contribution >= 0.6 is 0 Å². The zero-order chi connectivity index (χ0) is 19.4. The molecule has 1 amide bonds. The number of methoxy groups -OCH3 is 1. The average molecular weight is 366 g/mol. The molecule has 1 aromatic heterocycles. The highest BCUT2D eigenvalue weighted by molar-refractivity contribution is 5.76. The highest BCUT2D eigenvalue weighted by Gasteiger charge is 2.18. The smallest absolute Gasteiger partial charge is 0.351 e. The molecular weight excluding hydrogens is 344 g/mol. The molecule has 1 heterocycles. The van der Waals surface area contributed by atoms with Gasteiger partial charge in [-0.05, 0) is 38.1 Å². The minimum absolute atomic E-state index is 0.00925. The SMILES string of the molecule is COc1ccc(-n2nc(-c3ccccc3)n(CC(=O)NC(C)C)c2=O)cc1. The van der Waals surface area contributed by atoms with Crippen LogP contribution in [0.25, 0.3) is 17.1 Å². The van der Waals surface area contributed by atoms with Crippen molar-refractivity contribution >= 4 is 5.91 Å². The second-order valence-electron chi connectivity index (χ2n) is 6.39. The van der Waals surface area contributed by atoms with Crippen LogP contribution in [0, 0.1) is 0 Å². The summed E-state index contributed by atoms with van der Waals surface area (Å²) in [7, 11) is 1.58. The Morgan fingerprint density at radius 3 is 2.37 bits per heavy atom. The molecule has 7 heteroatoms. The molecule has 3 aromatic rings. The van der Waals surface area contributed by atoms with Crippen molar-refractivity contribution in [3.05, 3.63) is 65.1 Å². The fourth-order valence-electron chi connectivity index (χ4n) is 2.74. The molecule has 0 saturated heterocycles. The first-order chi connectivity index (χ1) is 13.0. The fraction of sp³-hybridized carbons (Fsp3) is 0.250. The Morgan fingerprint density at radius 2 is 1.78 bits per heavy atom. The maximum absolute atomic E-state index is 13.0. The third kappa shape index (κ3) is 4.08. The van der Waals surface area contributed by atoms with Crippen molar-refractivity contribution in [2.75, 3.05) is 7.11 Å². The van der Waals surface area contributed by atoms with Crippen molar-refractivity contribution in [1.29, 1.82) is 0 Å². The first kappa shape index (κ1) is 18.4. The predicted molar refractivity (Wildman–Crippen MR) is 103 cm³/mol. The molecule has 0 aliphatic carbocycles. The molecule has 27 heavy (non-hydrogen) atoms. The number of carbonyl (C=O) groups excluding carboxylic acids is 1.